The molecule has 0 unspecified atom stereocenters. The van der Waals surface area contributed by atoms with Crippen molar-refractivity contribution in [3.05, 3.63) is 35.7 Å². The SMILES string of the molecule is CC(=O)NCc1ccco1.NC(N)=Nc1nccs1. The number of aliphatic imine (C=N–C) groups is 1. The van der Waals surface area contributed by atoms with Crippen molar-refractivity contribution >= 4 is 28.3 Å². The first kappa shape index (κ1) is 14.7. The van der Waals surface area contributed by atoms with Gasteiger partial charge in [-0.1, -0.05) is 0 Å². The first-order valence-electron chi connectivity index (χ1n) is 5.34. The molecule has 0 bridgehead atoms. The van der Waals surface area contributed by atoms with Crippen LogP contribution in [0, 0.1) is 0 Å². The maximum atomic E-state index is 10.4. The Bertz CT molecular complexity index is 503. The van der Waals surface area contributed by atoms with Crippen LogP contribution in [-0.4, -0.2) is 16.9 Å². The Kier molecular flexibility index (Phi) is 6.10. The number of aromatic nitrogens is 1. The molecule has 2 rings (SSSR count). The molecule has 5 N–H and O–H groups in total. The Balaban J connectivity index is 0.000000191. The summed E-state index contributed by atoms with van der Waals surface area (Å²) in [6.07, 6.45) is 3.23. The van der Waals surface area contributed by atoms with Gasteiger partial charge in [0, 0.05) is 18.5 Å². The van der Waals surface area contributed by atoms with Gasteiger partial charge in [-0.05, 0) is 12.1 Å². The van der Waals surface area contributed by atoms with Crippen LogP contribution < -0.4 is 16.8 Å². The van der Waals surface area contributed by atoms with Crippen LogP contribution in [0.1, 0.15) is 12.7 Å². The van der Waals surface area contributed by atoms with E-state index >= 15 is 0 Å². The van der Waals surface area contributed by atoms with Crippen molar-refractivity contribution in [2.24, 2.45) is 16.5 Å². The topological polar surface area (TPSA) is 120 Å². The number of nitrogens with zero attached hydrogens (tertiary/aromatic N) is 2. The average Bonchev–Trinajstić information content (AvgIpc) is 2.98. The molecular weight excluding hydrogens is 266 g/mol. The Morgan fingerprint density at radius 3 is 2.84 bits per heavy atom. The lowest BCUT2D eigenvalue weighted by Gasteiger charge is -1.95. The quantitative estimate of drug-likeness (QED) is 0.572. The van der Waals surface area contributed by atoms with Crippen LogP contribution in [0.2, 0.25) is 0 Å². The molecule has 102 valence electrons. The number of hydrogen-bond donors (Lipinski definition) is 3. The van der Waals surface area contributed by atoms with Crippen LogP contribution in [0.15, 0.2) is 39.4 Å². The lowest BCUT2D eigenvalue weighted by Crippen LogP contribution is -2.21. The van der Waals surface area contributed by atoms with E-state index in [-0.39, 0.29) is 11.9 Å². The second-order valence-electron chi connectivity index (χ2n) is 3.34. The van der Waals surface area contributed by atoms with Crippen molar-refractivity contribution < 1.29 is 9.21 Å². The summed E-state index contributed by atoms with van der Waals surface area (Å²) < 4.78 is 4.97. The van der Waals surface area contributed by atoms with E-state index in [1.807, 2.05) is 11.4 Å². The first-order valence-corrected chi connectivity index (χ1v) is 6.22. The summed E-state index contributed by atoms with van der Waals surface area (Å²) >= 11 is 1.39. The fourth-order valence-corrected chi connectivity index (χ4v) is 1.53. The van der Waals surface area contributed by atoms with E-state index in [1.54, 1.807) is 18.5 Å². The number of carbonyl (C=O) groups excluding carboxylic acids is 1. The summed E-state index contributed by atoms with van der Waals surface area (Å²) in [5, 5.41) is 5.02. The fourth-order valence-electron chi connectivity index (χ4n) is 1.01. The van der Waals surface area contributed by atoms with Crippen LogP contribution in [0.25, 0.3) is 0 Å². The molecule has 0 spiro atoms. The van der Waals surface area contributed by atoms with E-state index in [4.69, 9.17) is 15.9 Å². The number of rotatable bonds is 3. The number of carbonyl (C=O) groups is 1. The Morgan fingerprint density at radius 1 is 1.58 bits per heavy atom. The van der Waals surface area contributed by atoms with Gasteiger partial charge in [-0.15, -0.1) is 11.3 Å². The van der Waals surface area contributed by atoms with E-state index in [1.165, 1.54) is 18.3 Å². The van der Waals surface area contributed by atoms with Gasteiger partial charge >= 0.3 is 0 Å². The summed E-state index contributed by atoms with van der Waals surface area (Å²) in [5.41, 5.74) is 10.2. The zero-order valence-electron chi connectivity index (χ0n) is 10.4. The van der Waals surface area contributed by atoms with Gasteiger partial charge in [-0.3, -0.25) is 4.79 Å². The number of guanidine groups is 1. The Hall–Kier alpha value is -2.35. The van der Waals surface area contributed by atoms with E-state index in [2.05, 4.69) is 15.3 Å². The molecule has 0 atom stereocenters. The molecule has 2 heterocycles. The summed E-state index contributed by atoms with van der Waals surface area (Å²) in [6.45, 7) is 1.95. The highest BCUT2D eigenvalue weighted by molar-refractivity contribution is 7.13. The number of nitrogens with two attached hydrogens (primary N) is 2. The minimum absolute atomic E-state index is 0.0450. The van der Waals surface area contributed by atoms with Crippen molar-refractivity contribution in [2.45, 2.75) is 13.5 Å². The van der Waals surface area contributed by atoms with Gasteiger partial charge in [0.15, 0.2) is 5.96 Å². The van der Waals surface area contributed by atoms with Crippen molar-refractivity contribution in [1.82, 2.24) is 10.3 Å². The van der Waals surface area contributed by atoms with Gasteiger partial charge < -0.3 is 21.2 Å². The van der Waals surface area contributed by atoms with Crippen LogP contribution in [-0.2, 0) is 11.3 Å². The first-order chi connectivity index (χ1) is 9.08. The number of amides is 1. The standard InChI is InChI=1S/C7H9NO2.C4H6N4S/c1-6(9)8-5-7-3-2-4-10-7;5-3(6)8-4-7-1-2-9-4/h2-4H,5H2,1H3,(H,8,9);1-2H,(H4,5,6,7,8). The highest BCUT2D eigenvalue weighted by Crippen LogP contribution is 2.13. The number of furan rings is 1. The second-order valence-corrected chi connectivity index (χ2v) is 4.21. The molecule has 8 heteroatoms. The highest BCUT2D eigenvalue weighted by atomic mass is 32.1. The summed E-state index contributed by atoms with van der Waals surface area (Å²) in [6, 6.07) is 3.60. The summed E-state index contributed by atoms with van der Waals surface area (Å²) in [4.78, 5) is 17.9. The zero-order valence-corrected chi connectivity index (χ0v) is 11.2. The molecule has 0 aliphatic rings. The third-order valence-corrected chi connectivity index (χ3v) is 2.40. The predicted octanol–water partition coefficient (Wildman–Crippen LogP) is 0.964. The number of thiazole rings is 1. The molecule has 0 aromatic carbocycles. The molecule has 0 aliphatic carbocycles. The lowest BCUT2D eigenvalue weighted by molar-refractivity contribution is -0.119. The fraction of sp³-hybridized carbons (Fsp3) is 0.182. The van der Waals surface area contributed by atoms with Crippen molar-refractivity contribution in [2.75, 3.05) is 0 Å². The molecule has 0 saturated heterocycles. The Labute approximate surface area is 114 Å². The minimum Gasteiger partial charge on any atom is -0.467 e. The zero-order chi connectivity index (χ0) is 14.1. The van der Waals surface area contributed by atoms with E-state index < -0.39 is 0 Å². The summed E-state index contributed by atoms with van der Waals surface area (Å²) in [5.74, 6) is 0.775. The maximum Gasteiger partial charge on any atom is 0.217 e. The molecule has 0 radical (unpaired) electrons. The van der Waals surface area contributed by atoms with Crippen LogP contribution in [0.3, 0.4) is 0 Å². The monoisotopic (exact) mass is 281 g/mol. The van der Waals surface area contributed by atoms with Gasteiger partial charge in [0.2, 0.25) is 11.0 Å². The van der Waals surface area contributed by atoms with E-state index in [0.717, 1.165) is 5.76 Å². The van der Waals surface area contributed by atoms with Gasteiger partial charge in [0.1, 0.15) is 5.76 Å². The van der Waals surface area contributed by atoms with Crippen LogP contribution >= 0.6 is 11.3 Å². The Morgan fingerprint density at radius 2 is 2.37 bits per heavy atom. The molecule has 2 aromatic heterocycles. The van der Waals surface area contributed by atoms with Gasteiger partial charge in [-0.2, -0.15) is 4.99 Å². The summed E-state index contributed by atoms with van der Waals surface area (Å²) in [7, 11) is 0. The van der Waals surface area contributed by atoms with E-state index in [9.17, 15) is 4.79 Å². The van der Waals surface area contributed by atoms with Crippen LogP contribution in [0.5, 0.6) is 0 Å². The normalized spacial score (nSPS) is 9.11. The highest BCUT2D eigenvalue weighted by Gasteiger charge is 1.94. The van der Waals surface area contributed by atoms with Gasteiger partial charge in [0.25, 0.3) is 0 Å². The molecule has 0 aliphatic heterocycles. The largest absolute Gasteiger partial charge is 0.467 e. The third-order valence-electron chi connectivity index (χ3n) is 1.74. The van der Waals surface area contributed by atoms with Crippen molar-refractivity contribution in [3.63, 3.8) is 0 Å². The lowest BCUT2D eigenvalue weighted by atomic mass is 10.4. The molecule has 19 heavy (non-hydrogen) atoms. The average molecular weight is 281 g/mol. The predicted molar refractivity (Wildman–Crippen MR) is 73.8 cm³/mol. The van der Waals surface area contributed by atoms with Gasteiger partial charge in [0.05, 0.1) is 12.8 Å². The number of nitrogens with one attached hydrogen (secondary N) is 1. The molecule has 0 saturated carbocycles. The molecule has 0 fully saturated rings. The molecule has 1 amide bonds. The van der Waals surface area contributed by atoms with Gasteiger partial charge in [-0.25, -0.2) is 4.98 Å². The maximum absolute atomic E-state index is 10.4. The third kappa shape index (κ3) is 6.84. The minimum atomic E-state index is -0.0450. The van der Waals surface area contributed by atoms with Crippen LogP contribution in [0.4, 0.5) is 5.13 Å². The molecular formula is C11H15N5O2S. The number of hydrogen-bond acceptors (Lipinski definition) is 5. The van der Waals surface area contributed by atoms with Crippen molar-refractivity contribution in [1.29, 1.82) is 0 Å². The van der Waals surface area contributed by atoms with E-state index in [0.29, 0.717) is 11.7 Å². The second kappa shape index (κ2) is 7.88. The smallest absolute Gasteiger partial charge is 0.217 e. The molecule has 2 aromatic rings. The van der Waals surface area contributed by atoms with Crippen molar-refractivity contribution in [3.8, 4) is 0 Å². The molecule has 7 nitrogen and oxygen atoms in total.